The molecule has 6 nitrogen and oxygen atoms in total. The highest BCUT2D eigenvalue weighted by atomic mass is 35.5. The van der Waals surface area contributed by atoms with Gasteiger partial charge in [0.25, 0.3) is 5.91 Å². The minimum Gasteiger partial charge on any atom is -0.378 e. The summed E-state index contributed by atoms with van der Waals surface area (Å²) in [4.78, 5) is 24.1. The molecule has 0 radical (unpaired) electrons. The molecule has 0 N–H and O–H groups in total. The van der Waals surface area contributed by atoms with Gasteiger partial charge >= 0.3 is 0 Å². The monoisotopic (exact) mass is 471 g/mol. The summed E-state index contributed by atoms with van der Waals surface area (Å²) in [6.07, 6.45) is 3.26. The molecule has 2 aromatic carbocycles. The Balaban J connectivity index is 1.83. The predicted molar refractivity (Wildman–Crippen MR) is 128 cm³/mol. The Morgan fingerprint density at radius 2 is 1.68 bits per heavy atom. The molecule has 0 fully saturated rings. The second-order valence-electron chi connectivity index (χ2n) is 6.90. The number of aromatic nitrogens is 1. The van der Waals surface area contributed by atoms with Crippen molar-refractivity contribution in [3.05, 3.63) is 81.6 Å². The van der Waals surface area contributed by atoms with Crippen molar-refractivity contribution in [1.29, 1.82) is 0 Å². The maximum Gasteiger partial charge on any atom is 0.299 e. The van der Waals surface area contributed by atoms with Crippen LogP contribution in [0.15, 0.2) is 71.0 Å². The van der Waals surface area contributed by atoms with Gasteiger partial charge in [0.2, 0.25) is 0 Å². The minimum atomic E-state index is -0.457. The number of rotatable bonds is 4. The van der Waals surface area contributed by atoms with Gasteiger partial charge in [0.15, 0.2) is 5.71 Å². The number of carbonyl (C=O) groups is 1. The van der Waals surface area contributed by atoms with Gasteiger partial charge in [-0.15, -0.1) is 0 Å². The molecular formula is C22H16Cl3N5O. The van der Waals surface area contributed by atoms with Crippen LogP contribution < -0.4 is 9.91 Å². The van der Waals surface area contributed by atoms with E-state index in [0.29, 0.717) is 22.0 Å². The molecule has 0 saturated carbocycles. The summed E-state index contributed by atoms with van der Waals surface area (Å²) >= 11 is 18.7. The van der Waals surface area contributed by atoms with Crippen LogP contribution in [0, 0.1) is 0 Å². The Hall–Kier alpha value is -2.93. The number of aliphatic imine (C=N–C) groups is 1. The number of hydrogen-bond acceptors (Lipinski definition) is 5. The number of pyridine rings is 1. The molecule has 1 aliphatic heterocycles. The first kappa shape index (κ1) is 21.3. The zero-order valence-corrected chi connectivity index (χ0v) is 18.8. The molecule has 1 aromatic heterocycles. The number of halogens is 3. The topological polar surface area (TPSA) is 61.2 Å². The highest BCUT2D eigenvalue weighted by Crippen LogP contribution is 2.38. The molecule has 31 heavy (non-hydrogen) atoms. The van der Waals surface area contributed by atoms with Crippen molar-refractivity contribution in [2.75, 3.05) is 24.0 Å². The van der Waals surface area contributed by atoms with Gasteiger partial charge < -0.3 is 4.90 Å². The number of nitrogens with zero attached hydrogens (tertiary/aromatic N) is 5. The molecule has 0 unspecified atom stereocenters. The Morgan fingerprint density at radius 3 is 2.26 bits per heavy atom. The number of carbonyl (C=O) groups excluding carboxylic acids is 1. The molecule has 0 bridgehead atoms. The van der Waals surface area contributed by atoms with Gasteiger partial charge in [-0.3, -0.25) is 9.78 Å². The zero-order chi connectivity index (χ0) is 22.1. The summed E-state index contributed by atoms with van der Waals surface area (Å²) in [7, 11) is 3.90. The molecule has 2 heterocycles. The van der Waals surface area contributed by atoms with Crippen LogP contribution in [0.1, 0.15) is 5.56 Å². The molecule has 3 aromatic rings. The van der Waals surface area contributed by atoms with E-state index in [1.807, 2.05) is 43.3 Å². The maximum atomic E-state index is 13.4. The fourth-order valence-electron chi connectivity index (χ4n) is 3.04. The molecule has 0 spiro atoms. The first-order valence-corrected chi connectivity index (χ1v) is 10.3. The van der Waals surface area contributed by atoms with Crippen molar-refractivity contribution in [3.8, 4) is 0 Å². The van der Waals surface area contributed by atoms with E-state index >= 15 is 0 Å². The number of amides is 1. The first-order valence-electron chi connectivity index (χ1n) is 9.19. The molecule has 156 valence electrons. The van der Waals surface area contributed by atoms with E-state index in [1.165, 1.54) is 12.1 Å². The average Bonchev–Trinajstić information content (AvgIpc) is 3.04. The van der Waals surface area contributed by atoms with Crippen LogP contribution in [0.25, 0.3) is 0 Å². The summed E-state index contributed by atoms with van der Waals surface area (Å²) in [5.41, 5.74) is 3.05. The first-order chi connectivity index (χ1) is 14.8. The summed E-state index contributed by atoms with van der Waals surface area (Å²) in [5.74, 6) is -0.457. The highest BCUT2D eigenvalue weighted by molar-refractivity contribution is 6.75. The van der Waals surface area contributed by atoms with Gasteiger partial charge in [-0.1, -0.05) is 34.8 Å². The number of hydrogen-bond donors (Lipinski definition) is 0. The van der Waals surface area contributed by atoms with Crippen LogP contribution in [-0.4, -0.2) is 36.4 Å². The van der Waals surface area contributed by atoms with Crippen LogP contribution in [0.3, 0.4) is 0 Å². The molecule has 0 aliphatic carbocycles. The molecule has 1 aliphatic rings. The zero-order valence-electron chi connectivity index (χ0n) is 16.6. The Bertz CT molecular complexity index is 1180. The van der Waals surface area contributed by atoms with E-state index in [9.17, 15) is 4.79 Å². The summed E-state index contributed by atoms with van der Waals surface area (Å²) in [5, 5.41) is 6.41. The van der Waals surface area contributed by atoms with E-state index < -0.39 is 5.91 Å². The largest absolute Gasteiger partial charge is 0.378 e. The quantitative estimate of drug-likeness (QED) is 0.494. The van der Waals surface area contributed by atoms with E-state index in [2.05, 4.69) is 15.1 Å². The lowest BCUT2D eigenvalue weighted by atomic mass is 10.1. The second-order valence-corrected chi connectivity index (χ2v) is 8.15. The van der Waals surface area contributed by atoms with Crippen LogP contribution in [0.4, 0.5) is 17.1 Å². The van der Waals surface area contributed by atoms with E-state index in [1.54, 1.807) is 24.5 Å². The van der Waals surface area contributed by atoms with Gasteiger partial charge in [-0.25, -0.2) is 4.99 Å². The average molecular weight is 473 g/mol. The highest BCUT2D eigenvalue weighted by Gasteiger charge is 2.36. The van der Waals surface area contributed by atoms with Crippen LogP contribution >= 0.6 is 34.8 Å². The van der Waals surface area contributed by atoms with Gasteiger partial charge in [0.05, 0.1) is 15.7 Å². The normalized spacial score (nSPS) is 14.9. The van der Waals surface area contributed by atoms with Gasteiger partial charge in [0.1, 0.15) is 11.4 Å². The molecule has 9 heteroatoms. The fraction of sp³-hybridized carbons (Fsp3) is 0.0909. The smallest absolute Gasteiger partial charge is 0.299 e. The molecule has 0 atom stereocenters. The Labute approximate surface area is 194 Å². The van der Waals surface area contributed by atoms with Crippen LogP contribution in [0.2, 0.25) is 15.1 Å². The van der Waals surface area contributed by atoms with Crippen molar-refractivity contribution < 1.29 is 4.79 Å². The van der Waals surface area contributed by atoms with E-state index in [-0.39, 0.29) is 21.4 Å². The van der Waals surface area contributed by atoms with Crippen LogP contribution in [-0.2, 0) is 4.79 Å². The Morgan fingerprint density at radius 1 is 1.00 bits per heavy atom. The number of anilines is 2. The molecule has 1 amide bonds. The third-order valence-corrected chi connectivity index (χ3v) is 5.35. The third-order valence-electron chi connectivity index (χ3n) is 4.55. The summed E-state index contributed by atoms with van der Waals surface area (Å²) in [6.45, 7) is 0. The molecular weight excluding hydrogens is 457 g/mol. The maximum absolute atomic E-state index is 13.4. The van der Waals surface area contributed by atoms with Gasteiger partial charge in [-0.05, 0) is 48.5 Å². The van der Waals surface area contributed by atoms with E-state index in [4.69, 9.17) is 34.8 Å². The standard InChI is InChI=1S/C22H16Cl3N5O/c1-29(2)16-7-5-15(6-8-16)27-20-19(13-4-3-9-26-12-13)28-30(22(20)31)21-17(24)10-14(23)11-18(21)25/h3-12H,1-2H3. The molecule has 0 saturated heterocycles. The lowest BCUT2D eigenvalue weighted by molar-refractivity contribution is -0.112. The van der Waals surface area contributed by atoms with Gasteiger partial charge in [0, 0.05) is 42.8 Å². The third kappa shape index (κ3) is 4.28. The number of benzene rings is 2. The van der Waals surface area contributed by atoms with Crippen LogP contribution in [0.5, 0.6) is 0 Å². The number of hydrazone groups is 1. The summed E-state index contributed by atoms with van der Waals surface area (Å²) < 4.78 is 0. The molecule has 4 rings (SSSR count). The second kappa shape index (κ2) is 8.67. The van der Waals surface area contributed by atoms with Crippen molar-refractivity contribution in [1.82, 2.24) is 4.98 Å². The SMILES string of the molecule is CN(C)c1ccc(N=C2C(=O)N(c3c(Cl)cc(Cl)cc3Cl)N=C2c2cccnc2)cc1. The fourth-order valence-corrected chi connectivity index (χ4v) is 4.01. The van der Waals surface area contributed by atoms with Crippen molar-refractivity contribution >= 4 is 69.2 Å². The van der Waals surface area contributed by atoms with Crippen molar-refractivity contribution in [2.24, 2.45) is 10.1 Å². The lowest BCUT2D eigenvalue weighted by Gasteiger charge is -2.15. The minimum absolute atomic E-state index is 0.160. The lowest BCUT2D eigenvalue weighted by Crippen LogP contribution is -2.28. The predicted octanol–water partition coefficient (Wildman–Crippen LogP) is 5.63. The van der Waals surface area contributed by atoms with Crippen molar-refractivity contribution in [2.45, 2.75) is 0 Å². The van der Waals surface area contributed by atoms with E-state index in [0.717, 1.165) is 10.7 Å². The van der Waals surface area contributed by atoms with Gasteiger partial charge in [-0.2, -0.15) is 10.1 Å². The van der Waals surface area contributed by atoms with Crippen molar-refractivity contribution in [3.63, 3.8) is 0 Å². The Kier molecular flexibility index (Phi) is 5.96. The summed E-state index contributed by atoms with van der Waals surface area (Å²) in [6, 6.07) is 14.1.